The molecule has 0 bridgehead atoms. The van der Waals surface area contributed by atoms with E-state index in [0.717, 1.165) is 16.5 Å². The summed E-state index contributed by atoms with van der Waals surface area (Å²) in [6, 6.07) is 12.7. The molecule has 0 aliphatic carbocycles. The summed E-state index contributed by atoms with van der Waals surface area (Å²) >= 11 is 1.30. The number of nitrogens with zero attached hydrogens (tertiary/aromatic N) is 3. The van der Waals surface area contributed by atoms with E-state index in [0.29, 0.717) is 37.7 Å². The van der Waals surface area contributed by atoms with Crippen molar-refractivity contribution in [1.82, 2.24) is 9.13 Å². The fourth-order valence-corrected chi connectivity index (χ4v) is 5.80. The number of hydrogen-bond acceptors (Lipinski definition) is 7. The Morgan fingerprint density at radius 3 is 2.62 bits per heavy atom. The molecule has 1 unspecified atom stereocenters. The summed E-state index contributed by atoms with van der Waals surface area (Å²) in [5.74, 6) is 0.538. The summed E-state index contributed by atoms with van der Waals surface area (Å²) in [5.41, 5.74) is 3.30. The molecule has 0 radical (unpaired) electrons. The first-order valence-corrected chi connectivity index (χ1v) is 12.6. The number of rotatable bonds is 6. The molecular weight excluding hydrogens is 490 g/mol. The number of carbonyl (C=O) groups excluding carboxylic acids is 1. The van der Waals surface area contributed by atoms with Gasteiger partial charge in [0.2, 0.25) is 0 Å². The minimum absolute atomic E-state index is 0.208. The second-order valence-electron chi connectivity index (χ2n) is 8.63. The maximum Gasteiger partial charge on any atom is 0.338 e. The van der Waals surface area contributed by atoms with Crippen molar-refractivity contribution in [3.63, 3.8) is 0 Å². The van der Waals surface area contributed by atoms with Crippen LogP contribution in [0.2, 0.25) is 0 Å². The Morgan fingerprint density at radius 1 is 1.14 bits per heavy atom. The first kappa shape index (κ1) is 24.6. The van der Waals surface area contributed by atoms with Gasteiger partial charge in [0, 0.05) is 29.7 Å². The number of ether oxygens (including phenoxy) is 3. The fraction of sp³-hybridized carbons (Fsp3) is 0.250. The highest BCUT2D eigenvalue weighted by Gasteiger charge is 2.34. The van der Waals surface area contributed by atoms with Gasteiger partial charge in [0.1, 0.15) is 0 Å². The van der Waals surface area contributed by atoms with E-state index in [9.17, 15) is 9.59 Å². The van der Waals surface area contributed by atoms with E-state index in [-0.39, 0.29) is 12.2 Å². The van der Waals surface area contributed by atoms with E-state index >= 15 is 0 Å². The second kappa shape index (κ2) is 9.74. The van der Waals surface area contributed by atoms with Crippen LogP contribution in [0.5, 0.6) is 11.5 Å². The number of para-hydroxylation sites is 1. The molecule has 0 saturated carbocycles. The van der Waals surface area contributed by atoms with Crippen molar-refractivity contribution >= 4 is 34.3 Å². The predicted octanol–water partition coefficient (Wildman–Crippen LogP) is 3.31. The molecule has 0 N–H and O–H groups in total. The maximum atomic E-state index is 13.9. The molecule has 4 aromatic rings. The zero-order valence-corrected chi connectivity index (χ0v) is 22.1. The third kappa shape index (κ3) is 4.15. The smallest absolute Gasteiger partial charge is 0.338 e. The Morgan fingerprint density at radius 2 is 1.89 bits per heavy atom. The minimum atomic E-state index is -0.732. The molecule has 37 heavy (non-hydrogen) atoms. The molecular formula is C28H27N3O5S. The number of benzene rings is 2. The number of carbonyl (C=O) groups is 1. The zero-order valence-electron chi connectivity index (χ0n) is 21.3. The minimum Gasteiger partial charge on any atom is -0.493 e. The second-order valence-corrected chi connectivity index (χ2v) is 9.64. The largest absolute Gasteiger partial charge is 0.493 e. The van der Waals surface area contributed by atoms with Crippen molar-refractivity contribution < 1.29 is 19.0 Å². The third-order valence-electron chi connectivity index (χ3n) is 6.45. The Balaban J connectivity index is 1.76. The number of allylic oxidation sites excluding steroid dienone is 1. The highest BCUT2D eigenvalue weighted by atomic mass is 32.1. The van der Waals surface area contributed by atoms with E-state index < -0.39 is 12.0 Å². The van der Waals surface area contributed by atoms with Crippen molar-refractivity contribution in [3.8, 4) is 11.5 Å². The van der Waals surface area contributed by atoms with Gasteiger partial charge in [0.05, 0.1) is 42.7 Å². The molecule has 1 aliphatic rings. The Labute approximate surface area is 217 Å². The molecule has 1 aliphatic heterocycles. The number of hydrogen-bond donors (Lipinski definition) is 0. The maximum absolute atomic E-state index is 13.9. The van der Waals surface area contributed by atoms with Gasteiger partial charge in [-0.1, -0.05) is 35.6 Å². The highest BCUT2D eigenvalue weighted by Crippen LogP contribution is 2.36. The van der Waals surface area contributed by atoms with Crippen LogP contribution in [-0.4, -0.2) is 35.9 Å². The first-order chi connectivity index (χ1) is 17.9. The number of aryl methyl sites for hydroxylation is 1. The average molecular weight is 518 g/mol. The molecule has 2 aromatic heterocycles. The first-order valence-electron chi connectivity index (χ1n) is 11.8. The van der Waals surface area contributed by atoms with E-state index in [1.807, 2.05) is 54.2 Å². The SMILES string of the molecule is CCOC(=O)C1=C(C)N=c2s/c(=C\c3cn(C)c4ccccc34)c(=O)n2C1c1ccc(OC)c(OC)c1. The Bertz CT molecular complexity index is 1740. The van der Waals surface area contributed by atoms with Gasteiger partial charge < -0.3 is 18.8 Å². The quantitative estimate of drug-likeness (QED) is 0.367. The number of aromatic nitrogens is 2. The molecule has 8 nitrogen and oxygen atoms in total. The highest BCUT2D eigenvalue weighted by molar-refractivity contribution is 7.07. The molecule has 1 atom stereocenters. The number of thiazole rings is 1. The van der Waals surface area contributed by atoms with Crippen LogP contribution < -0.4 is 24.4 Å². The molecule has 0 amide bonds. The Hall–Kier alpha value is -4.11. The van der Waals surface area contributed by atoms with E-state index in [4.69, 9.17) is 14.2 Å². The summed E-state index contributed by atoms with van der Waals surface area (Å²) in [4.78, 5) is 32.2. The summed E-state index contributed by atoms with van der Waals surface area (Å²) in [7, 11) is 5.08. The van der Waals surface area contributed by atoms with E-state index in [1.165, 1.54) is 11.3 Å². The van der Waals surface area contributed by atoms with Crippen molar-refractivity contribution in [3.05, 3.63) is 90.7 Å². The summed E-state index contributed by atoms with van der Waals surface area (Å²) in [6.07, 6.45) is 3.89. The van der Waals surface area contributed by atoms with E-state index in [2.05, 4.69) is 4.99 Å². The van der Waals surface area contributed by atoms with Crippen LogP contribution >= 0.6 is 11.3 Å². The van der Waals surface area contributed by atoms with Gasteiger partial charge in [0.15, 0.2) is 16.3 Å². The van der Waals surface area contributed by atoms with Gasteiger partial charge >= 0.3 is 5.97 Å². The summed E-state index contributed by atoms with van der Waals surface area (Å²) < 4.78 is 20.4. The van der Waals surface area contributed by atoms with Crippen LogP contribution in [-0.2, 0) is 16.6 Å². The van der Waals surface area contributed by atoms with Gasteiger partial charge in [-0.2, -0.15) is 0 Å². The van der Waals surface area contributed by atoms with Crippen LogP contribution in [0.1, 0.15) is 31.0 Å². The topological polar surface area (TPSA) is 84.1 Å². The normalized spacial score (nSPS) is 15.5. The summed E-state index contributed by atoms with van der Waals surface area (Å²) in [5, 5.41) is 1.05. The predicted molar refractivity (Wildman–Crippen MR) is 143 cm³/mol. The number of esters is 1. The molecule has 190 valence electrons. The van der Waals surface area contributed by atoms with Crippen LogP contribution in [0.3, 0.4) is 0 Å². The number of fused-ring (bicyclic) bond motifs is 2. The van der Waals surface area contributed by atoms with Gasteiger partial charge in [-0.15, -0.1) is 0 Å². The van der Waals surface area contributed by atoms with Gasteiger partial charge in [-0.25, -0.2) is 9.79 Å². The molecule has 0 spiro atoms. The van der Waals surface area contributed by atoms with Crippen molar-refractivity contribution in [2.75, 3.05) is 20.8 Å². The standard InChI is InChI=1S/C28H27N3O5S/c1-6-36-27(33)24-16(2)29-28-31(25(24)17-11-12-21(34-4)22(13-17)35-5)26(32)23(37-28)14-18-15-30(3)20-10-8-7-9-19(18)20/h7-15,25H,6H2,1-5H3/b23-14-. The third-order valence-corrected chi connectivity index (χ3v) is 7.44. The molecule has 3 heterocycles. The lowest BCUT2D eigenvalue weighted by atomic mass is 9.95. The fourth-order valence-electron chi connectivity index (χ4n) is 4.76. The van der Waals surface area contributed by atoms with Crippen LogP contribution in [0.25, 0.3) is 17.0 Å². The monoisotopic (exact) mass is 517 g/mol. The van der Waals surface area contributed by atoms with Crippen molar-refractivity contribution in [1.29, 1.82) is 0 Å². The van der Waals surface area contributed by atoms with E-state index in [1.54, 1.807) is 44.8 Å². The zero-order chi connectivity index (χ0) is 26.3. The molecule has 0 fully saturated rings. The lowest BCUT2D eigenvalue weighted by Gasteiger charge is -2.25. The van der Waals surface area contributed by atoms with Crippen LogP contribution in [0.15, 0.2) is 69.7 Å². The van der Waals surface area contributed by atoms with Crippen molar-refractivity contribution in [2.24, 2.45) is 12.0 Å². The molecule has 5 rings (SSSR count). The van der Waals surface area contributed by atoms with Gasteiger partial charge in [-0.05, 0) is 43.7 Å². The summed E-state index contributed by atoms with van der Waals surface area (Å²) in [6.45, 7) is 3.72. The molecule has 9 heteroatoms. The lowest BCUT2D eigenvalue weighted by Crippen LogP contribution is -2.39. The molecule has 2 aromatic carbocycles. The molecule has 0 saturated heterocycles. The van der Waals surface area contributed by atoms with Gasteiger partial charge in [0.25, 0.3) is 5.56 Å². The lowest BCUT2D eigenvalue weighted by molar-refractivity contribution is -0.139. The van der Waals surface area contributed by atoms with Crippen LogP contribution in [0, 0.1) is 0 Å². The Kier molecular flexibility index (Phi) is 6.47. The van der Waals surface area contributed by atoms with Crippen LogP contribution in [0.4, 0.5) is 0 Å². The number of methoxy groups -OCH3 is 2. The van der Waals surface area contributed by atoms with Gasteiger partial charge in [-0.3, -0.25) is 9.36 Å². The van der Waals surface area contributed by atoms with Crippen molar-refractivity contribution in [2.45, 2.75) is 19.9 Å². The average Bonchev–Trinajstić information content (AvgIpc) is 3.38.